The van der Waals surface area contributed by atoms with Gasteiger partial charge in [-0.3, -0.25) is 14.9 Å². The molecule has 41 heavy (non-hydrogen) atoms. The molecular formula is C30H36ClN7O3. The molecule has 0 N–H and O–H groups in total. The van der Waals surface area contributed by atoms with Crippen molar-refractivity contribution in [3.05, 3.63) is 53.9 Å². The third-order valence-corrected chi connectivity index (χ3v) is 8.25. The van der Waals surface area contributed by atoms with E-state index in [4.69, 9.17) is 31.0 Å². The van der Waals surface area contributed by atoms with Crippen LogP contribution in [-0.2, 0) is 4.74 Å². The number of pyridine rings is 1. The van der Waals surface area contributed by atoms with Crippen molar-refractivity contribution in [2.75, 3.05) is 83.6 Å². The highest BCUT2D eigenvalue weighted by Crippen LogP contribution is 2.35. The van der Waals surface area contributed by atoms with Gasteiger partial charge in [-0.05, 0) is 43.2 Å². The van der Waals surface area contributed by atoms with E-state index < -0.39 is 0 Å². The molecule has 11 heteroatoms. The number of aromatic nitrogens is 3. The number of urea groups is 1. The Morgan fingerprint density at radius 2 is 1.61 bits per heavy atom. The topological polar surface area (TPSA) is 87.2 Å². The molecule has 216 valence electrons. The number of nitrogens with zero attached hydrogens (tertiary/aromatic N) is 7. The minimum atomic E-state index is 0.154. The van der Waals surface area contributed by atoms with E-state index in [-0.39, 0.29) is 6.03 Å². The van der Waals surface area contributed by atoms with Crippen molar-refractivity contribution in [3.63, 3.8) is 0 Å². The van der Waals surface area contributed by atoms with Crippen molar-refractivity contribution in [2.45, 2.75) is 12.8 Å². The third-order valence-electron chi connectivity index (χ3n) is 7.95. The summed E-state index contributed by atoms with van der Waals surface area (Å²) in [4.78, 5) is 35.4. The van der Waals surface area contributed by atoms with Crippen molar-refractivity contribution in [2.24, 2.45) is 0 Å². The van der Waals surface area contributed by atoms with Gasteiger partial charge in [-0.2, -0.15) is 0 Å². The van der Waals surface area contributed by atoms with E-state index in [1.165, 1.54) is 0 Å². The van der Waals surface area contributed by atoms with Crippen molar-refractivity contribution in [3.8, 4) is 28.3 Å². The Balaban J connectivity index is 1.17. The number of hydrogen-bond acceptors (Lipinski definition) is 8. The number of piperazine rings is 1. The molecule has 3 fully saturated rings. The molecule has 5 heterocycles. The first-order valence-corrected chi connectivity index (χ1v) is 14.8. The Morgan fingerprint density at radius 3 is 2.34 bits per heavy atom. The van der Waals surface area contributed by atoms with Gasteiger partial charge >= 0.3 is 6.03 Å². The lowest BCUT2D eigenvalue weighted by atomic mass is 10.0. The molecule has 0 atom stereocenters. The second-order valence-corrected chi connectivity index (χ2v) is 11.0. The predicted molar refractivity (Wildman–Crippen MR) is 158 cm³/mol. The highest BCUT2D eigenvalue weighted by Gasteiger charge is 2.28. The third kappa shape index (κ3) is 6.55. The fourth-order valence-corrected chi connectivity index (χ4v) is 5.77. The number of rotatable bonds is 7. The van der Waals surface area contributed by atoms with Gasteiger partial charge < -0.3 is 24.2 Å². The van der Waals surface area contributed by atoms with Gasteiger partial charge in [-0.15, -0.1) is 0 Å². The van der Waals surface area contributed by atoms with Crippen LogP contribution in [0.5, 0.6) is 5.75 Å². The zero-order chi connectivity index (χ0) is 28.0. The molecule has 3 aliphatic heterocycles. The lowest BCUT2D eigenvalue weighted by molar-refractivity contribution is 0.0322. The number of carbonyl (C=O) groups is 1. The van der Waals surface area contributed by atoms with Crippen LogP contribution in [0.4, 0.5) is 10.6 Å². The molecule has 2 amide bonds. The number of likely N-dealkylation sites (tertiary alicyclic amines) is 1. The van der Waals surface area contributed by atoms with Crippen molar-refractivity contribution in [1.29, 1.82) is 0 Å². The van der Waals surface area contributed by atoms with Crippen molar-refractivity contribution >= 4 is 23.4 Å². The summed E-state index contributed by atoms with van der Waals surface area (Å²) in [6.45, 7) is 9.43. The van der Waals surface area contributed by atoms with Crippen molar-refractivity contribution < 1.29 is 14.3 Å². The number of morpholine rings is 1. The Morgan fingerprint density at radius 1 is 0.878 bits per heavy atom. The molecule has 0 bridgehead atoms. The molecule has 3 aliphatic rings. The standard InChI is InChI=1S/C30H36ClN7O3/c31-26-21-32-8-7-25(26)29-28(23-3-5-24(6-4-23)41-20-17-35-15-18-40-19-16-35)33-22-27(34-29)36-11-13-38(14-12-36)30(39)37-9-1-2-10-37/h3-8,21-22H,1-2,9-20H2. The molecule has 3 aromatic rings. The van der Waals surface area contributed by atoms with E-state index in [2.05, 4.69) is 14.8 Å². The molecule has 6 rings (SSSR count). The second-order valence-electron chi connectivity index (χ2n) is 10.6. The molecular weight excluding hydrogens is 542 g/mol. The highest BCUT2D eigenvalue weighted by atomic mass is 35.5. The quantitative estimate of drug-likeness (QED) is 0.418. The lowest BCUT2D eigenvalue weighted by Crippen LogP contribution is -2.52. The first-order valence-electron chi connectivity index (χ1n) is 14.4. The molecule has 1 aromatic carbocycles. The van der Waals surface area contributed by atoms with Gasteiger partial charge in [0.25, 0.3) is 0 Å². The Bertz CT molecular complexity index is 1320. The Kier molecular flexibility index (Phi) is 8.79. The van der Waals surface area contributed by atoms with E-state index in [1.54, 1.807) is 12.4 Å². The van der Waals surface area contributed by atoms with E-state index >= 15 is 0 Å². The van der Waals surface area contributed by atoms with Gasteiger partial charge in [0.1, 0.15) is 23.9 Å². The zero-order valence-corrected chi connectivity index (χ0v) is 24.0. The van der Waals surface area contributed by atoms with Crippen LogP contribution in [0.1, 0.15) is 12.8 Å². The average Bonchev–Trinajstić information content (AvgIpc) is 3.57. The summed E-state index contributed by atoms with van der Waals surface area (Å²) in [6, 6.07) is 9.98. The van der Waals surface area contributed by atoms with Gasteiger partial charge in [0.05, 0.1) is 30.1 Å². The van der Waals surface area contributed by atoms with Crippen LogP contribution in [0.3, 0.4) is 0 Å². The summed E-state index contributed by atoms with van der Waals surface area (Å²) in [5, 5.41) is 0.518. The SMILES string of the molecule is O=C(N1CCCC1)N1CCN(c2cnc(-c3ccc(OCCN4CCOCC4)cc3)c(-c3ccncc3Cl)n2)CC1. The molecule has 0 unspecified atom stereocenters. The van der Waals surface area contributed by atoms with Gasteiger partial charge in [-0.1, -0.05) is 11.6 Å². The zero-order valence-electron chi connectivity index (χ0n) is 23.3. The molecule has 0 aliphatic carbocycles. The monoisotopic (exact) mass is 577 g/mol. The van der Waals surface area contributed by atoms with Crippen LogP contribution < -0.4 is 9.64 Å². The maximum Gasteiger partial charge on any atom is 0.320 e. The smallest absolute Gasteiger partial charge is 0.320 e. The summed E-state index contributed by atoms with van der Waals surface area (Å²) in [5.74, 6) is 1.59. The predicted octanol–water partition coefficient (Wildman–Crippen LogP) is 3.91. The maximum absolute atomic E-state index is 12.8. The summed E-state index contributed by atoms with van der Waals surface area (Å²) in [7, 11) is 0. The van der Waals surface area contributed by atoms with E-state index in [9.17, 15) is 4.79 Å². The summed E-state index contributed by atoms with van der Waals surface area (Å²) >= 11 is 6.59. The second kappa shape index (κ2) is 13.0. The van der Waals surface area contributed by atoms with Crippen LogP contribution in [0, 0.1) is 0 Å². The first-order chi connectivity index (χ1) is 20.2. The minimum absolute atomic E-state index is 0.154. The normalized spacial score (nSPS) is 18.1. The molecule has 0 radical (unpaired) electrons. The minimum Gasteiger partial charge on any atom is -0.492 e. The number of amides is 2. The number of hydrogen-bond donors (Lipinski definition) is 0. The molecule has 0 spiro atoms. The van der Waals surface area contributed by atoms with E-state index in [0.29, 0.717) is 43.5 Å². The Hall–Kier alpha value is -3.47. The molecule has 2 aromatic heterocycles. The van der Waals surface area contributed by atoms with Crippen LogP contribution in [0.15, 0.2) is 48.9 Å². The lowest BCUT2D eigenvalue weighted by Gasteiger charge is -2.37. The van der Waals surface area contributed by atoms with Gasteiger partial charge in [0.15, 0.2) is 0 Å². The first kappa shape index (κ1) is 27.7. The number of benzene rings is 1. The molecule has 0 saturated carbocycles. The van der Waals surface area contributed by atoms with E-state index in [0.717, 1.165) is 87.2 Å². The molecule has 10 nitrogen and oxygen atoms in total. The fourth-order valence-electron chi connectivity index (χ4n) is 5.56. The largest absolute Gasteiger partial charge is 0.492 e. The average molecular weight is 578 g/mol. The van der Waals surface area contributed by atoms with E-state index in [1.807, 2.05) is 46.3 Å². The highest BCUT2D eigenvalue weighted by molar-refractivity contribution is 6.33. The number of halogens is 1. The van der Waals surface area contributed by atoms with Crippen LogP contribution in [0.25, 0.3) is 22.5 Å². The number of anilines is 1. The summed E-state index contributed by atoms with van der Waals surface area (Å²) in [6.07, 6.45) is 7.35. The van der Waals surface area contributed by atoms with Gasteiger partial charge in [0.2, 0.25) is 0 Å². The fraction of sp³-hybridized carbons (Fsp3) is 0.467. The maximum atomic E-state index is 12.8. The molecule has 3 saturated heterocycles. The Labute approximate surface area is 245 Å². The van der Waals surface area contributed by atoms with Crippen LogP contribution in [0.2, 0.25) is 5.02 Å². The van der Waals surface area contributed by atoms with Crippen LogP contribution >= 0.6 is 11.6 Å². The number of ether oxygens (including phenoxy) is 2. The summed E-state index contributed by atoms with van der Waals surface area (Å²) in [5.41, 5.74) is 3.14. The number of carbonyl (C=O) groups excluding carboxylic acids is 1. The van der Waals surface area contributed by atoms with Crippen molar-refractivity contribution in [1.82, 2.24) is 29.7 Å². The van der Waals surface area contributed by atoms with Gasteiger partial charge in [0, 0.05) is 82.4 Å². The van der Waals surface area contributed by atoms with Gasteiger partial charge in [-0.25, -0.2) is 9.78 Å². The summed E-state index contributed by atoms with van der Waals surface area (Å²) < 4.78 is 11.4. The van der Waals surface area contributed by atoms with Crippen LogP contribution in [-0.4, -0.2) is 114 Å².